The lowest BCUT2D eigenvalue weighted by atomic mass is 10.2. The van der Waals surface area contributed by atoms with Gasteiger partial charge in [0.15, 0.2) is 9.84 Å². The number of halogens is 2. The van der Waals surface area contributed by atoms with Gasteiger partial charge >= 0.3 is 0 Å². The third-order valence-corrected chi connectivity index (χ3v) is 7.02. The second kappa shape index (κ2) is 7.82. The van der Waals surface area contributed by atoms with Gasteiger partial charge in [-0.3, -0.25) is 4.79 Å². The maximum Gasteiger partial charge on any atom is 0.246 e. The Kier molecular flexibility index (Phi) is 5.70. The highest BCUT2D eigenvalue weighted by molar-refractivity contribution is 7.92. The minimum absolute atomic E-state index is 0.189. The number of sulfone groups is 1. The Bertz CT molecular complexity index is 922. The zero-order chi connectivity index (χ0) is 18.7. The van der Waals surface area contributed by atoms with Crippen LogP contribution in [0, 0.1) is 0 Å². The third-order valence-electron chi connectivity index (χ3n) is 4.33. The van der Waals surface area contributed by atoms with Crippen LogP contribution in [0.1, 0.15) is 12.0 Å². The topological polar surface area (TPSA) is 54.5 Å². The molecule has 7 heteroatoms. The number of carbonyl (C=O) groups is 1. The SMILES string of the molecule is O=C(/C=C/c1ccc(Cl)cc1)N1CCC(S(=O)(=O)c2ccc(Cl)cc2)C1. The Morgan fingerprint density at radius 1 is 1.00 bits per heavy atom. The highest BCUT2D eigenvalue weighted by atomic mass is 35.5. The van der Waals surface area contributed by atoms with Crippen molar-refractivity contribution < 1.29 is 13.2 Å². The van der Waals surface area contributed by atoms with Crippen molar-refractivity contribution in [3.05, 3.63) is 70.2 Å². The summed E-state index contributed by atoms with van der Waals surface area (Å²) in [5.74, 6) is -0.200. The molecule has 1 saturated heterocycles. The van der Waals surface area contributed by atoms with Gasteiger partial charge in [-0.1, -0.05) is 35.3 Å². The zero-order valence-corrected chi connectivity index (χ0v) is 16.1. The van der Waals surface area contributed by atoms with Gasteiger partial charge in [-0.05, 0) is 54.5 Å². The third kappa shape index (κ3) is 4.29. The van der Waals surface area contributed by atoms with Crippen molar-refractivity contribution in [2.75, 3.05) is 13.1 Å². The molecule has 3 rings (SSSR count). The first-order valence-corrected chi connectivity index (χ1v) is 10.4. The molecule has 0 spiro atoms. The van der Waals surface area contributed by atoms with E-state index < -0.39 is 15.1 Å². The van der Waals surface area contributed by atoms with E-state index in [-0.39, 0.29) is 17.3 Å². The van der Waals surface area contributed by atoms with Crippen molar-refractivity contribution >= 4 is 45.0 Å². The van der Waals surface area contributed by atoms with Crippen LogP contribution in [0.3, 0.4) is 0 Å². The van der Waals surface area contributed by atoms with Gasteiger partial charge in [0.25, 0.3) is 0 Å². The van der Waals surface area contributed by atoms with E-state index in [1.807, 2.05) is 12.1 Å². The molecule has 136 valence electrons. The van der Waals surface area contributed by atoms with Gasteiger partial charge in [0.1, 0.15) is 0 Å². The van der Waals surface area contributed by atoms with Crippen LogP contribution in [-0.2, 0) is 14.6 Å². The first-order chi connectivity index (χ1) is 12.4. The molecule has 1 unspecified atom stereocenters. The molecule has 2 aromatic carbocycles. The summed E-state index contributed by atoms with van der Waals surface area (Å²) in [5, 5.41) is 0.513. The van der Waals surface area contributed by atoms with E-state index in [2.05, 4.69) is 0 Å². The number of amides is 1. The van der Waals surface area contributed by atoms with Gasteiger partial charge in [-0.25, -0.2) is 8.42 Å². The summed E-state index contributed by atoms with van der Waals surface area (Å²) in [4.78, 5) is 14.1. The summed E-state index contributed by atoms with van der Waals surface area (Å²) in [7, 11) is -3.49. The molecule has 0 aromatic heterocycles. The average Bonchev–Trinajstić information content (AvgIpc) is 3.12. The quantitative estimate of drug-likeness (QED) is 0.714. The second-order valence-electron chi connectivity index (χ2n) is 6.08. The minimum Gasteiger partial charge on any atom is -0.338 e. The van der Waals surface area contributed by atoms with E-state index in [1.54, 1.807) is 35.2 Å². The van der Waals surface area contributed by atoms with Crippen LogP contribution in [0.2, 0.25) is 10.0 Å². The van der Waals surface area contributed by atoms with Crippen molar-refractivity contribution in [1.29, 1.82) is 0 Å². The van der Waals surface area contributed by atoms with Crippen molar-refractivity contribution in [1.82, 2.24) is 4.90 Å². The number of benzene rings is 2. The summed E-state index contributed by atoms with van der Waals surface area (Å²) in [6, 6.07) is 13.2. The highest BCUT2D eigenvalue weighted by Crippen LogP contribution is 2.25. The lowest BCUT2D eigenvalue weighted by Gasteiger charge is -2.15. The van der Waals surface area contributed by atoms with Gasteiger partial charge in [0.05, 0.1) is 10.1 Å². The molecule has 1 fully saturated rings. The van der Waals surface area contributed by atoms with Gasteiger partial charge in [-0.2, -0.15) is 0 Å². The van der Waals surface area contributed by atoms with Crippen LogP contribution in [-0.4, -0.2) is 37.6 Å². The van der Waals surface area contributed by atoms with E-state index in [9.17, 15) is 13.2 Å². The number of carbonyl (C=O) groups excluding carboxylic acids is 1. The number of likely N-dealkylation sites (tertiary alicyclic amines) is 1. The van der Waals surface area contributed by atoms with Crippen LogP contribution in [0.4, 0.5) is 0 Å². The molecule has 2 aromatic rings. The Balaban J connectivity index is 1.66. The van der Waals surface area contributed by atoms with E-state index >= 15 is 0 Å². The van der Waals surface area contributed by atoms with Crippen molar-refractivity contribution in [2.24, 2.45) is 0 Å². The van der Waals surface area contributed by atoms with Gasteiger partial charge in [0, 0.05) is 29.2 Å². The largest absolute Gasteiger partial charge is 0.338 e. The Morgan fingerprint density at radius 3 is 2.19 bits per heavy atom. The number of rotatable bonds is 4. The number of hydrogen-bond donors (Lipinski definition) is 0. The lowest BCUT2D eigenvalue weighted by molar-refractivity contribution is -0.124. The predicted molar refractivity (Wildman–Crippen MR) is 104 cm³/mol. The van der Waals surface area contributed by atoms with Crippen LogP contribution in [0.25, 0.3) is 6.08 Å². The molecular formula is C19H17Cl2NO3S. The predicted octanol–water partition coefficient (Wildman–Crippen LogP) is 4.08. The molecule has 1 heterocycles. The summed E-state index contributed by atoms with van der Waals surface area (Å²) >= 11 is 11.6. The van der Waals surface area contributed by atoms with Gasteiger partial charge in [-0.15, -0.1) is 0 Å². The first-order valence-electron chi connectivity index (χ1n) is 8.08. The summed E-state index contributed by atoms with van der Waals surface area (Å²) in [6.45, 7) is 0.607. The summed E-state index contributed by atoms with van der Waals surface area (Å²) in [6.07, 6.45) is 3.58. The summed E-state index contributed by atoms with van der Waals surface area (Å²) in [5.41, 5.74) is 0.854. The molecule has 0 N–H and O–H groups in total. The minimum atomic E-state index is -3.49. The molecule has 1 aliphatic heterocycles. The van der Waals surface area contributed by atoms with Crippen LogP contribution >= 0.6 is 23.2 Å². The van der Waals surface area contributed by atoms with E-state index in [0.717, 1.165) is 5.56 Å². The monoisotopic (exact) mass is 409 g/mol. The zero-order valence-electron chi connectivity index (χ0n) is 13.8. The Labute approximate surface area is 163 Å². The molecule has 0 bridgehead atoms. The molecular weight excluding hydrogens is 393 g/mol. The first kappa shape index (κ1) is 19.0. The standard InChI is InChI=1S/C19H17Cl2NO3S/c20-15-4-1-14(2-5-15)3-10-19(23)22-12-11-18(13-22)26(24,25)17-8-6-16(21)7-9-17/h1-10,18H,11-13H2/b10-3+. The smallest absolute Gasteiger partial charge is 0.246 e. The van der Waals surface area contributed by atoms with E-state index in [1.165, 1.54) is 18.2 Å². The molecule has 1 aliphatic rings. The number of nitrogens with zero attached hydrogens (tertiary/aromatic N) is 1. The van der Waals surface area contributed by atoms with Crippen molar-refractivity contribution in [3.8, 4) is 0 Å². The average molecular weight is 410 g/mol. The molecule has 0 aliphatic carbocycles. The van der Waals surface area contributed by atoms with Gasteiger partial charge < -0.3 is 4.90 Å². The van der Waals surface area contributed by atoms with Crippen molar-refractivity contribution in [3.63, 3.8) is 0 Å². The molecule has 1 atom stereocenters. The fourth-order valence-electron chi connectivity index (χ4n) is 2.85. The van der Waals surface area contributed by atoms with Crippen LogP contribution in [0.15, 0.2) is 59.5 Å². The highest BCUT2D eigenvalue weighted by Gasteiger charge is 2.35. The van der Waals surface area contributed by atoms with Crippen LogP contribution in [0.5, 0.6) is 0 Å². The number of hydrogen-bond acceptors (Lipinski definition) is 3. The van der Waals surface area contributed by atoms with Crippen molar-refractivity contribution in [2.45, 2.75) is 16.6 Å². The van der Waals surface area contributed by atoms with Gasteiger partial charge in [0.2, 0.25) is 5.91 Å². The molecule has 4 nitrogen and oxygen atoms in total. The summed E-state index contributed by atoms with van der Waals surface area (Å²) < 4.78 is 25.4. The molecule has 0 saturated carbocycles. The van der Waals surface area contributed by atoms with Crippen LogP contribution < -0.4 is 0 Å². The maximum atomic E-state index is 12.7. The Morgan fingerprint density at radius 2 is 1.58 bits per heavy atom. The fourth-order valence-corrected chi connectivity index (χ4v) is 4.79. The molecule has 26 heavy (non-hydrogen) atoms. The van der Waals surface area contributed by atoms with E-state index in [4.69, 9.17) is 23.2 Å². The Hall–Kier alpha value is -1.82. The molecule has 0 radical (unpaired) electrons. The fraction of sp³-hybridized carbons (Fsp3) is 0.211. The lowest BCUT2D eigenvalue weighted by Crippen LogP contribution is -2.30. The molecule has 1 amide bonds. The maximum absolute atomic E-state index is 12.7. The second-order valence-corrected chi connectivity index (χ2v) is 9.18. The van der Waals surface area contributed by atoms with E-state index in [0.29, 0.717) is 23.0 Å². The normalized spacial score (nSPS) is 17.8.